The summed E-state index contributed by atoms with van der Waals surface area (Å²) in [7, 11) is 0. The first kappa shape index (κ1) is 27.4. The molecule has 0 atom stereocenters. The molecule has 0 radical (unpaired) electrons. The molecule has 0 fully saturated rings. The minimum atomic E-state index is -3.81. The van der Waals surface area contributed by atoms with Crippen LogP contribution < -0.4 is 0 Å². The average molecular weight is 433 g/mol. The van der Waals surface area contributed by atoms with Gasteiger partial charge in [0.15, 0.2) is 0 Å². The minimum absolute atomic E-state index is 1.38. The van der Waals surface area contributed by atoms with Crippen molar-refractivity contribution in [2.24, 2.45) is 0 Å². The molecule has 3 nitrogen and oxygen atoms in total. The topological polar surface area (TPSA) is 60.7 Å². The zero-order chi connectivity index (χ0) is 18.5. The van der Waals surface area contributed by atoms with Gasteiger partial charge in [0, 0.05) is 0 Å². The van der Waals surface area contributed by atoms with Gasteiger partial charge in [-0.15, -0.1) is 0 Å². The molecule has 0 aromatic carbocycles. The van der Waals surface area contributed by atoms with E-state index in [-0.39, 0.29) is 0 Å². The van der Waals surface area contributed by atoms with Gasteiger partial charge in [-0.1, -0.05) is 39.0 Å². The third-order valence-electron chi connectivity index (χ3n) is 4.10. The molecule has 0 saturated carbocycles. The Hall–Kier alpha value is 1.15. The smallest absolute Gasteiger partial charge is 0.319 e. The Morgan fingerprint density at radius 3 is 1.00 bits per heavy atom. The molecule has 6 heteroatoms. The van der Waals surface area contributed by atoms with E-state index in [0.29, 0.717) is 0 Å². The summed E-state index contributed by atoms with van der Waals surface area (Å²) in [4.78, 5) is 22.7. The van der Waals surface area contributed by atoms with Gasteiger partial charge in [-0.25, -0.2) is 0 Å². The van der Waals surface area contributed by atoms with Crippen molar-refractivity contribution in [3.8, 4) is 0 Å². The summed E-state index contributed by atoms with van der Waals surface area (Å²) in [5.74, 6) is 0. The summed E-state index contributed by atoms with van der Waals surface area (Å²) < 4.78 is 0. The van der Waals surface area contributed by atoms with Crippen LogP contribution in [0.2, 0.25) is 5.02 Å². The third-order valence-corrected chi connectivity index (χ3v) is 5.15. The van der Waals surface area contributed by atoms with Gasteiger partial charge >= 0.3 is 101 Å². The fraction of sp³-hybridized carbons (Fsp3) is 1.00. The molecule has 0 aromatic heterocycles. The van der Waals surface area contributed by atoms with Crippen molar-refractivity contribution in [1.29, 1.82) is 0 Å². The van der Waals surface area contributed by atoms with E-state index in [4.69, 9.17) is 14.7 Å². The molecule has 143 valence electrons. The summed E-state index contributed by atoms with van der Waals surface area (Å²) in [5.41, 5.74) is 0. The minimum Gasteiger partial charge on any atom is -0.325 e. The number of hydrogen-bond donors (Lipinski definition) is 3. The van der Waals surface area contributed by atoms with Crippen LogP contribution in [-0.2, 0) is 30.1 Å². The molecule has 0 aliphatic carbocycles. The monoisotopic (exact) mass is 431 g/mol. The quantitative estimate of drug-likeness (QED) is 0.150. The van der Waals surface area contributed by atoms with Crippen LogP contribution in [0.15, 0.2) is 0 Å². The fourth-order valence-electron chi connectivity index (χ4n) is 2.72. The molecule has 0 unspecified atom stereocenters. The van der Waals surface area contributed by atoms with Crippen LogP contribution in [-0.4, -0.2) is 14.7 Å². The SMILES string of the molecule is CCCCCCCCCCCCCCCCC[CH2][Zn].OP(O)(O)=S. The molecule has 0 aliphatic rings. The maximum Gasteiger partial charge on any atom is 0.319 e. The van der Waals surface area contributed by atoms with Crippen molar-refractivity contribution >= 4 is 18.5 Å². The summed E-state index contributed by atoms with van der Waals surface area (Å²) in [5, 5.41) is 1.50. The van der Waals surface area contributed by atoms with Crippen molar-refractivity contribution in [3.05, 3.63) is 0 Å². The van der Waals surface area contributed by atoms with Gasteiger partial charge in [0.2, 0.25) is 0 Å². The van der Waals surface area contributed by atoms with Crippen LogP contribution >= 0.6 is 6.72 Å². The summed E-state index contributed by atoms with van der Waals surface area (Å²) in [6, 6.07) is 0. The van der Waals surface area contributed by atoms with Crippen LogP contribution in [0.5, 0.6) is 0 Å². The van der Waals surface area contributed by atoms with Gasteiger partial charge in [0.05, 0.1) is 0 Å². The van der Waals surface area contributed by atoms with Gasteiger partial charge < -0.3 is 14.7 Å². The number of hydrogen-bond acceptors (Lipinski definition) is 1. The van der Waals surface area contributed by atoms with Crippen molar-refractivity contribution < 1.29 is 33.0 Å². The molecule has 0 aliphatic heterocycles. The Labute approximate surface area is 166 Å². The molecular formula is C18H40O3PSZn. The first-order valence-corrected chi connectivity index (χ1v) is 14.7. The predicted octanol–water partition coefficient (Wildman–Crippen LogP) is 6.40. The number of unbranched alkanes of at least 4 members (excludes halogenated alkanes) is 15. The van der Waals surface area contributed by atoms with Crippen LogP contribution in [0, 0.1) is 0 Å². The second kappa shape index (κ2) is 22.2. The Morgan fingerprint density at radius 2 is 0.792 bits per heavy atom. The molecule has 0 saturated heterocycles. The van der Waals surface area contributed by atoms with E-state index < -0.39 is 6.72 Å². The maximum absolute atomic E-state index is 7.56. The van der Waals surface area contributed by atoms with Gasteiger partial charge in [0.1, 0.15) is 0 Å². The van der Waals surface area contributed by atoms with E-state index >= 15 is 0 Å². The third kappa shape index (κ3) is 38.6. The molecule has 0 heterocycles. The zero-order valence-electron chi connectivity index (χ0n) is 15.9. The summed E-state index contributed by atoms with van der Waals surface area (Å²) >= 11 is 5.10. The Kier molecular flexibility index (Phi) is 25.3. The normalized spacial score (nSPS) is 11.2. The zero-order valence-corrected chi connectivity index (χ0v) is 20.6. The van der Waals surface area contributed by atoms with Crippen molar-refractivity contribution in [2.75, 3.05) is 0 Å². The van der Waals surface area contributed by atoms with E-state index in [1.54, 1.807) is 0 Å². The van der Waals surface area contributed by atoms with Gasteiger partial charge in [0.25, 0.3) is 0 Å². The van der Waals surface area contributed by atoms with Crippen LogP contribution in [0.25, 0.3) is 0 Å². The average Bonchev–Trinajstić information content (AvgIpc) is 2.49. The Bertz CT molecular complexity index is 251. The first-order valence-electron chi connectivity index (χ1n) is 9.99. The predicted molar refractivity (Wildman–Crippen MR) is 105 cm³/mol. The first-order chi connectivity index (χ1) is 11.4. The van der Waals surface area contributed by atoms with E-state index in [0.717, 1.165) is 0 Å². The van der Waals surface area contributed by atoms with Crippen LogP contribution in [0.1, 0.15) is 110 Å². The summed E-state index contributed by atoms with van der Waals surface area (Å²) in [6.07, 6.45) is 23.7. The van der Waals surface area contributed by atoms with Gasteiger partial charge in [-0.2, -0.15) is 0 Å². The molecule has 0 bridgehead atoms. The van der Waals surface area contributed by atoms with Gasteiger partial charge in [-0.05, 0) is 11.8 Å². The molecule has 0 aromatic rings. The molecule has 0 spiro atoms. The van der Waals surface area contributed by atoms with E-state index in [1.807, 2.05) is 0 Å². The largest absolute Gasteiger partial charge is 0.325 e. The van der Waals surface area contributed by atoms with E-state index in [2.05, 4.69) is 18.7 Å². The molecule has 3 N–H and O–H groups in total. The Balaban J connectivity index is 0. The van der Waals surface area contributed by atoms with Gasteiger partial charge in [-0.3, -0.25) is 0 Å². The molecule has 0 rings (SSSR count). The summed E-state index contributed by atoms with van der Waals surface area (Å²) in [6.45, 7) is -1.51. The standard InChI is InChI=1S/C18H37.H3O3PS.Zn/c1-3-5-7-9-11-13-15-17-18-16-14-12-10-8-6-4-2;1-4(2,3)5;/h1,3-18H2,2H3;(H3,1,2,3,5);. The van der Waals surface area contributed by atoms with Crippen molar-refractivity contribution in [1.82, 2.24) is 0 Å². The van der Waals surface area contributed by atoms with E-state index in [1.165, 1.54) is 126 Å². The fourth-order valence-corrected chi connectivity index (χ4v) is 3.47. The van der Waals surface area contributed by atoms with Crippen LogP contribution in [0.3, 0.4) is 0 Å². The molecular weight excluding hydrogens is 393 g/mol. The second-order valence-corrected chi connectivity index (χ2v) is 10.6. The Morgan fingerprint density at radius 1 is 0.583 bits per heavy atom. The van der Waals surface area contributed by atoms with Crippen molar-refractivity contribution in [2.45, 2.75) is 115 Å². The molecule has 24 heavy (non-hydrogen) atoms. The van der Waals surface area contributed by atoms with E-state index in [9.17, 15) is 0 Å². The molecule has 0 amide bonds. The van der Waals surface area contributed by atoms with Crippen molar-refractivity contribution in [3.63, 3.8) is 0 Å². The number of rotatable bonds is 16. The van der Waals surface area contributed by atoms with Crippen LogP contribution in [0.4, 0.5) is 0 Å². The second-order valence-electron chi connectivity index (χ2n) is 6.67. The maximum atomic E-state index is 7.56.